The summed E-state index contributed by atoms with van der Waals surface area (Å²) in [5, 5.41) is 14.1. The Morgan fingerprint density at radius 2 is 1.74 bits per heavy atom. The molecule has 0 spiro atoms. The first kappa shape index (κ1) is 18.1. The van der Waals surface area contributed by atoms with Crippen LogP contribution in [0.1, 0.15) is 41.8 Å². The lowest BCUT2D eigenvalue weighted by Gasteiger charge is -2.27. The Bertz CT molecular complexity index is 890. The van der Waals surface area contributed by atoms with Gasteiger partial charge in [0.15, 0.2) is 5.16 Å². The van der Waals surface area contributed by atoms with Gasteiger partial charge < -0.3 is 9.42 Å². The summed E-state index contributed by atoms with van der Waals surface area (Å²) in [7, 11) is 0. The number of aromatic nitrogens is 4. The van der Waals surface area contributed by atoms with Crippen molar-refractivity contribution >= 4 is 17.7 Å². The molecule has 0 radical (unpaired) electrons. The zero-order valence-corrected chi connectivity index (χ0v) is 16.9. The van der Waals surface area contributed by atoms with Crippen molar-refractivity contribution in [3.05, 3.63) is 46.8 Å². The van der Waals surface area contributed by atoms with E-state index in [4.69, 9.17) is 4.52 Å². The van der Waals surface area contributed by atoms with Gasteiger partial charge in [-0.2, -0.15) is 0 Å². The molecule has 1 fully saturated rings. The smallest absolute Gasteiger partial charge is 0.232 e. The van der Waals surface area contributed by atoms with Crippen molar-refractivity contribution in [1.82, 2.24) is 19.9 Å². The van der Waals surface area contributed by atoms with Crippen molar-refractivity contribution in [3.8, 4) is 5.69 Å². The van der Waals surface area contributed by atoms with Crippen LogP contribution >= 0.6 is 11.8 Å². The summed E-state index contributed by atoms with van der Waals surface area (Å²) in [5.74, 6) is 2.59. The lowest BCUT2D eigenvalue weighted by atomic mass is 10.1. The number of piperidine rings is 1. The van der Waals surface area contributed by atoms with Gasteiger partial charge >= 0.3 is 0 Å². The average Bonchev–Trinajstić information content (AvgIpc) is 3.25. The molecule has 1 aliphatic heterocycles. The standard InChI is InChI=1S/C20H25N5OS/c1-14-7-9-17(10-8-14)25-19(24-11-5-4-6-12-24)21-22-20(25)27-13-18-15(2)23-26-16(18)3/h7-10H,4-6,11-13H2,1-3H3. The van der Waals surface area contributed by atoms with Gasteiger partial charge in [-0.05, 0) is 52.2 Å². The van der Waals surface area contributed by atoms with E-state index in [-0.39, 0.29) is 0 Å². The van der Waals surface area contributed by atoms with Gasteiger partial charge in [-0.25, -0.2) is 0 Å². The molecule has 0 saturated carbocycles. The highest BCUT2D eigenvalue weighted by atomic mass is 32.2. The Hall–Kier alpha value is -2.28. The third-order valence-corrected chi connectivity index (χ3v) is 6.03. The second kappa shape index (κ2) is 7.76. The van der Waals surface area contributed by atoms with Crippen LogP contribution in [0.2, 0.25) is 0 Å². The molecule has 7 heteroatoms. The summed E-state index contributed by atoms with van der Waals surface area (Å²) in [6, 6.07) is 8.56. The fourth-order valence-electron chi connectivity index (χ4n) is 3.42. The van der Waals surface area contributed by atoms with Gasteiger partial charge in [0, 0.05) is 24.4 Å². The summed E-state index contributed by atoms with van der Waals surface area (Å²) in [5.41, 5.74) is 4.43. The minimum Gasteiger partial charge on any atom is -0.361 e. The van der Waals surface area contributed by atoms with Crippen LogP contribution in [-0.2, 0) is 5.75 Å². The number of nitrogens with zero attached hydrogens (tertiary/aromatic N) is 5. The molecule has 0 unspecified atom stereocenters. The maximum Gasteiger partial charge on any atom is 0.232 e. The van der Waals surface area contributed by atoms with E-state index in [0.717, 1.165) is 52.7 Å². The van der Waals surface area contributed by atoms with Crippen LogP contribution < -0.4 is 4.90 Å². The van der Waals surface area contributed by atoms with E-state index in [1.54, 1.807) is 11.8 Å². The molecule has 0 bridgehead atoms. The molecule has 0 aliphatic carbocycles. The second-order valence-corrected chi connectivity index (χ2v) is 8.04. The Kier molecular flexibility index (Phi) is 5.20. The Balaban J connectivity index is 1.68. The fourth-order valence-corrected chi connectivity index (χ4v) is 4.52. The Labute approximate surface area is 163 Å². The molecule has 1 aromatic carbocycles. The highest BCUT2D eigenvalue weighted by molar-refractivity contribution is 7.98. The van der Waals surface area contributed by atoms with Crippen molar-refractivity contribution in [3.63, 3.8) is 0 Å². The monoisotopic (exact) mass is 383 g/mol. The average molecular weight is 384 g/mol. The minimum atomic E-state index is 0.769. The van der Waals surface area contributed by atoms with Crippen LogP contribution in [0.25, 0.3) is 5.69 Å². The van der Waals surface area contributed by atoms with E-state index in [1.807, 2.05) is 13.8 Å². The number of hydrogen-bond donors (Lipinski definition) is 0. The fraction of sp³-hybridized carbons (Fsp3) is 0.450. The van der Waals surface area contributed by atoms with E-state index in [1.165, 1.54) is 24.8 Å². The maximum atomic E-state index is 5.30. The zero-order valence-electron chi connectivity index (χ0n) is 16.1. The highest BCUT2D eigenvalue weighted by Crippen LogP contribution is 2.31. The lowest BCUT2D eigenvalue weighted by molar-refractivity contribution is 0.392. The Morgan fingerprint density at radius 3 is 2.41 bits per heavy atom. The van der Waals surface area contributed by atoms with Gasteiger partial charge in [-0.3, -0.25) is 4.57 Å². The lowest BCUT2D eigenvalue weighted by Crippen LogP contribution is -2.31. The van der Waals surface area contributed by atoms with Crippen molar-refractivity contribution < 1.29 is 4.52 Å². The van der Waals surface area contributed by atoms with Crippen LogP contribution in [0.5, 0.6) is 0 Å². The summed E-state index contributed by atoms with van der Waals surface area (Å²) >= 11 is 1.68. The highest BCUT2D eigenvalue weighted by Gasteiger charge is 2.22. The molecule has 142 valence electrons. The van der Waals surface area contributed by atoms with Gasteiger partial charge in [0.1, 0.15) is 5.76 Å². The molecular formula is C20H25N5OS. The number of rotatable bonds is 5. The molecule has 1 aliphatic rings. The van der Waals surface area contributed by atoms with Crippen LogP contribution in [0.4, 0.5) is 5.95 Å². The molecule has 4 rings (SSSR count). The summed E-state index contributed by atoms with van der Waals surface area (Å²) in [4.78, 5) is 2.36. The number of anilines is 1. The first-order chi connectivity index (χ1) is 13.1. The van der Waals surface area contributed by atoms with Gasteiger partial charge in [-0.1, -0.05) is 34.6 Å². The zero-order chi connectivity index (χ0) is 18.8. The van der Waals surface area contributed by atoms with Crippen molar-refractivity contribution in [2.75, 3.05) is 18.0 Å². The van der Waals surface area contributed by atoms with Crippen molar-refractivity contribution in [2.45, 2.75) is 50.9 Å². The summed E-state index contributed by atoms with van der Waals surface area (Å²) in [6.07, 6.45) is 3.72. The van der Waals surface area contributed by atoms with Gasteiger partial charge in [0.2, 0.25) is 5.95 Å². The van der Waals surface area contributed by atoms with E-state index in [0.29, 0.717) is 0 Å². The molecule has 27 heavy (non-hydrogen) atoms. The summed E-state index contributed by atoms with van der Waals surface area (Å²) in [6.45, 7) is 8.13. The molecule has 0 atom stereocenters. The number of hydrogen-bond acceptors (Lipinski definition) is 6. The van der Waals surface area contributed by atoms with Crippen LogP contribution in [-0.4, -0.2) is 33.0 Å². The van der Waals surface area contributed by atoms with E-state index < -0.39 is 0 Å². The first-order valence-electron chi connectivity index (χ1n) is 9.45. The van der Waals surface area contributed by atoms with E-state index in [2.05, 4.69) is 56.0 Å². The predicted octanol–water partition coefficient (Wildman–Crippen LogP) is 4.46. The van der Waals surface area contributed by atoms with E-state index >= 15 is 0 Å². The normalized spacial score (nSPS) is 14.7. The van der Waals surface area contributed by atoms with Gasteiger partial charge in [0.05, 0.1) is 11.4 Å². The molecule has 3 aromatic rings. The summed E-state index contributed by atoms with van der Waals surface area (Å²) < 4.78 is 7.49. The van der Waals surface area contributed by atoms with E-state index in [9.17, 15) is 0 Å². The molecule has 2 aromatic heterocycles. The SMILES string of the molecule is Cc1ccc(-n2c(SCc3c(C)noc3C)nnc2N2CCCCC2)cc1. The largest absolute Gasteiger partial charge is 0.361 e. The quantitative estimate of drug-likeness (QED) is 0.606. The van der Waals surface area contributed by atoms with Crippen LogP contribution in [0.3, 0.4) is 0 Å². The minimum absolute atomic E-state index is 0.769. The third-order valence-electron chi connectivity index (χ3n) is 5.07. The second-order valence-electron chi connectivity index (χ2n) is 7.09. The number of benzene rings is 1. The Morgan fingerprint density at radius 1 is 1.00 bits per heavy atom. The molecular weight excluding hydrogens is 358 g/mol. The maximum absolute atomic E-state index is 5.30. The number of aryl methyl sites for hydroxylation is 3. The molecule has 0 amide bonds. The van der Waals surface area contributed by atoms with Crippen LogP contribution in [0, 0.1) is 20.8 Å². The number of thioether (sulfide) groups is 1. The van der Waals surface area contributed by atoms with Crippen molar-refractivity contribution in [1.29, 1.82) is 0 Å². The predicted molar refractivity (Wildman–Crippen MR) is 108 cm³/mol. The molecule has 6 nitrogen and oxygen atoms in total. The van der Waals surface area contributed by atoms with Crippen molar-refractivity contribution in [2.24, 2.45) is 0 Å². The van der Waals surface area contributed by atoms with Crippen LogP contribution in [0.15, 0.2) is 33.9 Å². The van der Waals surface area contributed by atoms with Gasteiger partial charge in [0.25, 0.3) is 0 Å². The third kappa shape index (κ3) is 3.74. The van der Waals surface area contributed by atoms with Gasteiger partial charge in [-0.15, -0.1) is 10.2 Å². The first-order valence-corrected chi connectivity index (χ1v) is 10.4. The molecule has 1 saturated heterocycles. The molecule has 0 N–H and O–H groups in total. The topological polar surface area (TPSA) is 60.0 Å². The molecule has 3 heterocycles.